The molecule has 6 heteroatoms. The summed E-state index contributed by atoms with van der Waals surface area (Å²) in [7, 11) is 0. The second-order valence-electron chi connectivity index (χ2n) is 1.77. The molecule has 0 aliphatic carbocycles. The summed E-state index contributed by atoms with van der Waals surface area (Å²) in [5.41, 5.74) is -0.222. The lowest BCUT2D eigenvalue weighted by Gasteiger charge is -1.94. The maximum absolute atomic E-state index is 10.2. The predicted molar refractivity (Wildman–Crippen MR) is 34.6 cm³/mol. The first-order valence-corrected chi connectivity index (χ1v) is 2.80. The number of aliphatic hydroxyl groups is 1. The number of nitrogens with zero attached hydrogens (tertiary/aromatic N) is 3. The van der Waals surface area contributed by atoms with Crippen molar-refractivity contribution < 1.29 is 10.0 Å². The van der Waals surface area contributed by atoms with Gasteiger partial charge < -0.3 is 5.11 Å². The van der Waals surface area contributed by atoms with Crippen molar-refractivity contribution in [2.24, 2.45) is 0 Å². The lowest BCUT2D eigenvalue weighted by molar-refractivity contribution is -0.386. The lowest BCUT2D eigenvalue weighted by Crippen LogP contribution is -1.98. The van der Waals surface area contributed by atoms with E-state index < -0.39 is 11.5 Å². The van der Waals surface area contributed by atoms with Gasteiger partial charge in [-0.15, -0.1) is 0 Å². The zero-order valence-corrected chi connectivity index (χ0v) is 5.47. The molecule has 0 saturated heterocycles. The summed E-state index contributed by atoms with van der Waals surface area (Å²) in [5.74, 6) is 0. The summed E-state index contributed by atoms with van der Waals surface area (Å²) in [6, 6.07) is 0. The molecule has 1 aromatic rings. The molecule has 0 aliphatic rings. The quantitative estimate of drug-likeness (QED) is 0.475. The average Bonchev–Trinajstić information content (AvgIpc) is 2.04. The molecule has 1 rings (SSSR count). The summed E-state index contributed by atoms with van der Waals surface area (Å²) >= 11 is 0. The molecular formula is C5H5N3O3. The Balaban J connectivity index is 3.12. The van der Waals surface area contributed by atoms with Crippen LogP contribution in [0.4, 0.5) is 5.69 Å². The molecule has 1 heterocycles. The zero-order chi connectivity index (χ0) is 8.27. The minimum Gasteiger partial charge on any atom is -0.390 e. The molecule has 11 heavy (non-hydrogen) atoms. The molecule has 0 unspecified atom stereocenters. The van der Waals surface area contributed by atoms with Gasteiger partial charge in [0.2, 0.25) is 0 Å². The van der Waals surface area contributed by atoms with Crippen LogP contribution in [-0.4, -0.2) is 20.0 Å². The first-order valence-electron chi connectivity index (χ1n) is 2.80. The van der Waals surface area contributed by atoms with Crippen LogP contribution in [0, 0.1) is 10.1 Å². The van der Waals surface area contributed by atoms with Gasteiger partial charge in [-0.25, -0.2) is 9.97 Å². The van der Waals surface area contributed by atoms with Crippen LogP contribution in [0.5, 0.6) is 0 Å². The molecule has 0 saturated carbocycles. The molecule has 58 valence electrons. The maximum atomic E-state index is 10.2. The van der Waals surface area contributed by atoms with Crippen molar-refractivity contribution in [3.63, 3.8) is 0 Å². The minimum atomic E-state index is -0.633. The van der Waals surface area contributed by atoms with E-state index in [0.717, 1.165) is 12.5 Å². The van der Waals surface area contributed by atoms with E-state index in [1.165, 1.54) is 0 Å². The van der Waals surface area contributed by atoms with Crippen molar-refractivity contribution in [1.82, 2.24) is 9.97 Å². The highest BCUT2D eigenvalue weighted by Gasteiger charge is 2.12. The highest BCUT2D eigenvalue weighted by atomic mass is 16.6. The van der Waals surface area contributed by atoms with Crippen LogP contribution in [-0.2, 0) is 6.61 Å². The normalized spacial score (nSPS) is 9.55. The largest absolute Gasteiger partial charge is 0.390 e. The van der Waals surface area contributed by atoms with Gasteiger partial charge >= 0.3 is 5.69 Å². The van der Waals surface area contributed by atoms with Crippen LogP contribution in [0.3, 0.4) is 0 Å². The van der Waals surface area contributed by atoms with E-state index in [0.29, 0.717) is 0 Å². The highest BCUT2D eigenvalue weighted by molar-refractivity contribution is 5.30. The van der Waals surface area contributed by atoms with Crippen molar-refractivity contribution in [3.8, 4) is 0 Å². The second kappa shape index (κ2) is 3.02. The van der Waals surface area contributed by atoms with Crippen LogP contribution < -0.4 is 0 Å². The first kappa shape index (κ1) is 7.55. The van der Waals surface area contributed by atoms with E-state index in [2.05, 4.69) is 9.97 Å². The summed E-state index contributed by atoms with van der Waals surface area (Å²) < 4.78 is 0. The number of hydrogen-bond acceptors (Lipinski definition) is 5. The molecule has 0 atom stereocenters. The van der Waals surface area contributed by atoms with Crippen molar-refractivity contribution in [2.75, 3.05) is 0 Å². The van der Waals surface area contributed by atoms with Crippen molar-refractivity contribution in [2.45, 2.75) is 6.61 Å². The Labute approximate surface area is 61.7 Å². The Morgan fingerprint density at radius 3 is 2.91 bits per heavy atom. The number of nitro groups is 1. The van der Waals surface area contributed by atoms with Crippen molar-refractivity contribution >= 4 is 5.69 Å². The van der Waals surface area contributed by atoms with Crippen LogP contribution in [0.15, 0.2) is 12.5 Å². The summed E-state index contributed by atoms with van der Waals surface area (Å²) in [5, 5.41) is 18.8. The average molecular weight is 155 g/mol. The molecular weight excluding hydrogens is 150 g/mol. The number of aromatic nitrogens is 2. The lowest BCUT2D eigenvalue weighted by atomic mass is 10.4. The fourth-order valence-electron chi connectivity index (χ4n) is 0.622. The Hall–Kier alpha value is -1.56. The van der Waals surface area contributed by atoms with Gasteiger partial charge in [0.25, 0.3) is 0 Å². The van der Waals surface area contributed by atoms with E-state index in [4.69, 9.17) is 5.11 Å². The van der Waals surface area contributed by atoms with Crippen molar-refractivity contribution in [1.29, 1.82) is 0 Å². The molecule has 0 bridgehead atoms. The Morgan fingerprint density at radius 1 is 1.73 bits per heavy atom. The van der Waals surface area contributed by atoms with Gasteiger partial charge in [0.15, 0.2) is 0 Å². The maximum Gasteiger partial charge on any atom is 0.311 e. The van der Waals surface area contributed by atoms with Gasteiger partial charge in [-0.1, -0.05) is 0 Å². The van der Waals surface area contributed by atoms with E-state index in [-0.39, 0.29) is 11.4 Å². The van der Waals surface area contributed by atoms with Gasteiger partial charge in [-0.2, -0.15) is 0 Å². The zero-order valence-electron chi connectivity index (χ0n) is 5.47. The van der Waals surface area contributed by atoms with Gasteiger partial charge in [0.05, 0.1) is 11.5 Å². The summed E-state index contributed by atoms with van der Waals surface area (Å²) in [4.78, 5) is 16.5. The van der Waals surface area contributed by atoms with Crippen LogP contribution in [0.25, 0.3) is 0 Å². The third-order valence-corrected chi connectivity index (χ3v) is 1.12. The Bertz CT molecular complexity index is 275. The predicted octanol–water partition coefficient (Wildman–Crippen LogP) is -0.123. The first-order chi connectivity index (χ1) is 5.25. The minimum absolute atomic E-state index is 0.0324. The fraction of sp³-hybridized carbons (Fsp3) is 0.200. The van der Waals surface area contributed by atoms with E-state index in [1.54, 1.807) is 0 Å². The molecule has 6 nitrogen and oxygen atoms in total. The van der Waals surface area contributed by atoms with Crippen molar-refractivity contribution in [3.05, 3.63) is 28.3 Å². The van der Waals surface area contributed by atoms with Gasteiger partial charge in [0, 0.05) is 0 Å². The molecule has 0 radical (unpaired) electrons. The molecule has 0 aromatic carbocycles. The number of aliphatic hydroxyl groups excluding tert-OH is 1. The molecule has 1 aromatic heterocycles. The Kier molecular flexibility index (Phi) is 2.07. The van der Waals surface area contributed by atoms with Crippen LogP contribution >= 0.6 is 0 Å². The van der Waals surface area contributed by atoms with Gasteiger partial charge in [0.1, 0.15) is 18.2 Å². The number of rotatable bonds is 2. The fourth-order valence-corrected chi connectivity index (χ4v) is 0.622. The van der Waals surface area contributed by atoms with Gasteiger partial charge in [-0.3, -0.25) is 10.1 Å². The molecule has 0 spiro atoms. The van der Waals surface area contributed by atoms with E-state index in [1.807, 2.05) is 0 Å². The monoisotopic (exact) mass is 155 g/mol. The van der Waals surface area contributed by atoms with Gasteiger partial charge in [-0.05, 0) is 0 Å². The topological polar surface area (TPSA) is 89.2 Å². The molecule has 1 N–H and O–H groups in total. The van der Waals surface area contributed by atoms with Crippen LogP contribution in [0.2, 0.25) is 0 Å². The van der Waals surface area contributed by atoms with Crippen LogP contribution in [0.1, 0.15) is 5.69 Å². The third kappa shape index (κ3) is 1.47. The van der Waals surface area contributed by atoms with E-state index >= 15 is 0 Å². The van der Waals surface area contributed by atoms with E-state index in [9.17, 15) is 10.1 Å². The standard InChI is InChI=1S/C5H5N3O3/c9-2-4-5(8(10)11)1-6-3-7-4/h1,3,9H,2H2. The highest BCUT2D eigenvalue weighted by Crippen LogP contribution is 2.12. The molecule has 0 aliphatic heterocycles. The summed E-state index contributed by atoms with van der Waals surface area (Å²) in [6.07, 6.45) is 2.21. The SMILES string of the molecule is O=[N+]([O-])c1cncnc1CO. The molecule has 0 fully saturated rings. The Morgan fingerprint density at radius 2 is 2.45 bits per heavy atom. The smallest absolute Gasteiger partial charge is 0.311 e. The third-order valence-electron chi connectivity index (χ3n) is 1.12. The second-order valence-corrected chi connectivity index (χ2v) is 1.77. The summed E-state index contributed by atoms with van der Waals surface area (Å²) in [6.45, 7) is -0.446. The molecule has 0 amide bonds. The number of hydrogen-bond donors (Lipinski definition) is 1.